The molecule has 0 saturated carbocycles. The van der Waals surface area contributed by atoms with E-state index < -0.39 is 5.97 Å². The van der Waals surface area contributed by atoms with Gasteiger partial charge in [0.1, 0.15) is 0 Å². The number of carbonyl (C=O) groups excluding carboxylic acids is 1. The van der Waals surface area contributed by atoms with Crippen LogP contribution in [0.2, 0.25) is 0 Å². The average molecular weight is 235 g/mol. The Labute approximate surface area is 101 Å². The first kappa shape index (κ1) is 13.2. The standard InChI is InChI=1S/C13H17NO3/c1-4-5-12(15)14-11-7-10(13(16)17)8(2)6-9(11)3/h6-7H,4-5H2,1-3H3,(H,14,15)(H,16,17). The van der Waals surface area contributed by atoms with Crippen LogP contribution >= 0.6 is 0 Å². The Hall–Kier alpha value is -1.84. The van der Waals surface area contributed by atoms with E-state index in [4.69, 9.17) is 5.11 Å². The first-order valence-electron chi connectivity index (χ1n) is 5.60. The van der Waals surface area contributed by atoms with Gasteiger partial charge in [-0.25, -0.2) is 4.79 Å². The fourth-order valence-electron chi connectivity index (χ4n) is 1.66. The molecule has 0 radical (unpaired) electrons. The molecule has 4 nitrogen and oxygen atoms in total. The molecular formula is C13H17NO3. The van der Waals surface area contributed by atoms with Crippen LogP contribution in [-0.4, -0.2) is 17.0 Å². The van der Waals surface area contributed by atoms with Crippen molar-refractivity contribution in [2.24, 2.45) is 0 Å². The summed E-state index contributed by atoms with van der Waals surface area (Å²) in [4.78, 5) is 22.5. The van der Waals surface area contributed by atoms with Crippen LogP contribution in [0.15, 0.2) is 12.1 Å². The molecule has 0 unspecified atom stereocenters. The highest BCUT2D eigenvalue weighted by atomic mass is 16.4. The second-order valence-electron chi connectivity index (χ2n) is 4.09. The molecule has 0 aliphatic heterocycles. The van der Waals surface area contributed by atoms with Crippen LogP contribution in [0.5, 0.6) is 0 Å². The Kier molecular flexibility index (Phi) is 4.26. The number of nitrogens with one attached hydrogen (secondary N) is 1. The van der Waals surface area contributed by atoms with Crippen molar-refractivity contribution in [1.82, 2.24) is 0 Å². The van der Waals surface area contributed by atoms with Gasteiger partial charge in [-0.1, -0.05) is 13.0 Å². The molecule has 0 bridgehead atoms. The first-order chi connectivity index (χ1) is 7.95. The van der Waals surface area contributed by atoms with Gasteiger partial charge in [0.15, 0.2) is 0 Å². The number of aryl methyl sites for hydroxylation is 2. The lowest BCUT2D eigenvalue weighted by Gasteiger charge is -2.11. The molecule has 92 valence electrons. The molecule has 0 aliphatic rings. The van der Waals surface area contributed by atoms with E-state index in [9.17, 15) is 9.59 Å². The molecule has 0 saturated heterocycles. The Bertz CT molecular complexity index is 452. The number of aromatic carboxylic acids is 1. The normalized spacial score (nSPS) is 10.1. The molecule has 1 aromatic carbocycles. The Balaban J connectivity index is 3.03. The Morgan fingerprint density at radius 3 is 2.41 bits per heavy atom. The summed E-state index contributed by atoms with van der Waals surface area (Å²) in [6.07, 6.45) is 1.21. The van der Waals surface area contributed by atoms with Crippen molar-refractivity contribution >= 4 is 17.6 Å². The van der Waals surface area contributed by atoms with Crippen LogP contribution < -0.4 is 5.32 Å². The molecule has 0 spiro atoms. The molecule has 1 amide bonds. The fraction of sp³-hybridized carbons (Fsp3) is 0.385. The summed E-state index contributed by atoms with van der Waals surface area (Å²) >= 11 is 0. The molecular weight excluding hydrogens is 218 g/mol. The quantitative estimate of drug-likeness (QED) is 0.843. The third-order valence-corrected chi connectivity index (χ3v) is 2.55. The summed E-state index contributed by atoms with van der Waals surface area (Å²) in [5.74, 6) is -1.07. The van der Waals surface area contributed by atoms with Gasteiger partial charge in [-0.15, -0.1) is 0 Å². The molecule has 0 aliphatic carbocycles. The van der Waals surface area contributed by atoms with Gasteiger partial charge in [-0.05, 0) is 37.5 Å². The zero-order valence-corrected chi connectivity index (χ0v) is 10.3. The topological polar surface area (TPSA) is 66.4 Å². The monoisotopic (exact) mass is 235 g/mol. The van der Waals surface area contributed by atoms with E-state index in [1.165, 1.54) is 6.07 Å². The fourth-order valence-corrected chi connectivity index (χ4v) is 1.66. The number of rotatable bonds is 4. The van der Waals surface area contributed by atoms with E-state index in [1.54, 1.807) is 13.0 Å². The molecule has 17 heavy (non-hydrogen) atoms. The number of hydrogen-bond acceptors (Lipinski definition) is 2. The maximum absolute atomic E-state index is 11.5. The highest BCUT2D eigenvalue weighted by Crippen LogP contribution is 2.21. The van der Waals surface area contributed by atoms with Gasteiger partial charge in [-0.2, -0.15) is 0 Å². The highest BCUT2D eigenvalue weighted by molar-refractivity contribution is 5.95. The lowest BCUT2D eigenvalue weighted by Crippen LogP contribution is -2.13. The zero-order valence-electron chi connectivity index (χ0n) is 10.3. The van der Waals surface area contributed by atoms with Crippen molar-refractivity contribution in [2.75, 3.05) is 5.32 Å². The second-order valence-corrected chi connectivity index (χ2v) is 4.09. The van der Waals surface area contributed by atoms with Crippen molar-refractivity contribution in [1.29, 1.82) is 0 Å². The van der Waals surface area contributed by atoms with Crippen LogP contribution in [0.1, 0.15) is 41.3 Å². The number of carboxylic acid groups (broad SMARTS) is 1. The van der Waals surface area contributed by atoms with Crippen LogP contribution in [0.25, 0.3) is 0 Å². The zero-order chi connectivity index (χ0) is 13.0. The minimum Gasteiger partial charge on any atom is -0.478 e. The van der Waals surface area contributed by atoms with Gasteiger partial charge in [0.2, 0.25) is 5.91 Å². The molecule has 4 heteroatoms. The molecule has 0 heterocycles. The number of carbonyl (C=O) groups is 2. The highest BCUT2D eigenvalue weighted by Gasteiger charge is 2.11. The minimum absolute atomic E-state index is 0.0872. The molecule has 0 atom stereocenters. The predicted octanol–water partition coefficient (Wildman–Crippen LogP) is 2.74. The number of amides is 1. The SMILES string of the molecule is CCCC(=O)Nc1cc(C(=O)O)c(C)cc1C. The van der Waals surface area contributed by atoms with E-state index in [0.29, 0.717) is 17.7 Å². The first-order valence-corrected chi connectivity index (χ1v) is 5.60. The third kappa shape index (κ3) is 3.31. The lowest BCUT2D eigenvalue weighted by atomic mass is 10.0. The third-order valence-electron chi connectivity index (χ3n) is 2.55. The van der Waals surface area contributed by atoms with Crippen molar-refractivity contribution in [3.63, 3.8) is 0 Å². The number of carboxylic acids is 1. The maximum Gasteiger partial charge on any atom is 0.336 e. The summed E-state index contributed by atoms with van der Waals surface area (Å²) in [7, 11) is 0. The minimum atomic E-state index is -0.978. The molecule has 2 N–H and O–H groups in total. The van der Waals surface area contributed by atoms with Crippen molar-refractivity contribution < 1.29 is 14.7 Å². The van der Waals surface area contributed by atoms with Crippen LogP contribution in [0, 0.1) is 13.8 Å². The van der Waals surface area contributed by atoms with Gasteiger partial charge in [-0.3, -0.25) is 4.79 Å². The number of anilines is 1. The molecule has 0 aromatic heterocycles. The van der Waals surface area contributed by atoms with Gasteiger partial charge in [0, 0.05) is 12.1 Å². The van der Waals surface area contributed by atoms with E-state index in [2.05, 4.69) is 5.32 Å². The largest absolute Gasteiger partial charge is 0.478 e. The van der Waals surface area contributed by atoms with Gasteiger partial charge < -0.3 is 10.4 Å². The van der Waals surface area contributed by atoms with Gasteiger partial charge in [0.05, 0.1) is 5.56 Å². The Morgan fingerprint density at radius 2 is 1.88 bits per heavy atom. The van der Waals surface area contributed by atoms with Gasteiger partial charge >= 0.3 is 5.97 Å². The Morgan fingerprint density at radius 1 is 1.24 bits per heavy atom. The summed E-state index contributed by atoms with van der Waals surface area (Å²) in [6, 6.07) is 3.28. The summed E-state index contributed by atoms with van der Waals surface area (Å²) in [5, 5.41) is 11.7. The van der Waals surface area contributed by atoms with Crippen molar-refractivity contribution in [2.45, 2.75) is 33.6 Å². The lowest BCUT2D eigenvalue weighted by molar-refractivity contribution is -0.116. The van der Waals surface area contributed by atoms with Crippen molar-refractivity contribution in [3.8, 4) is 0 Å². The number of benzene rings is 1. The molecule has 1 rings (SSSR count). The maximum atomic E-state index is 11.5. The smallest absolute Gasteiger partial charge is 0.336 e. The summed E-state index contributed by atoms with van der Waals surface area (Å²) in [6.45, 7) is 5.51. The average Bonchev–Trinajstić information content (AvgIpc) is 2.21. The van der Waals surface area contributed by atoms with Crippen LogP contribution in [0.4, 0.5) is 5.69 Å². The predicted molar refractivity (Wildman–Crippen MR) is 66.4 cm³/mol. The van der Waals surface area contributed by atoms with E-state index in [0.717, 1.165) is 12.0 Å². The van der Waals surface area contributed by atoms with E-state index in [-0.39, 0.29) is 11.5 Å². The van der Waals surface area contributed by atoms with Gasteiger partial charge in [0.25, 0.3) is 0 Å². The molecule has 0 fully saturated rings. The van der Waals surface area contributed by atoms with Crippen LogP contribution in [0.3, 0.4) is 0 Å². The van der Waals surface area contributed by atoms with Crippen molar-refractivity contribution in [3.05, 3.63) is 28.8 Å². The number of hydrogen-bond donors (Lipinski definition) is 2. The summed E-state index contributed by atoms with van der Waals surface area (Å²) < 4.78 is 0. The second kappa shape index (κ2) is 5.48. The molecule has 1 aromatic rings. The summed E-state index contributed by atoms with van der Waals surface area (Å²) in [5.41, 5.74) is 2.37. The van der Waals surface area contributed by atoms with E-state index >= 15 is 0 Å². The van der Waals surface area contributed by atoms with Crippen LogP contribution in [-0.2, 0) is 4.79 Å². The van der Waals surface area contributed by atoms with E-state index in [1.807, 2.05) is 13.8 Å².